The van der Waals surface area contributed by atoms with Crippen LogP contribution in [-0.4, -0.2) is 19.6 Å². The van der Waals surface area contributed by atoms with Crippen LogP contribution in [0.3, 0.4) is 0 Å². The number of non-ortho nitro benzene ring substituents is 1. The van der Waals surface area contributed by atoms with E-state index in [1.54, 1.807) is 0 Å². The summed E-state index contributed by atoms with van der Waals surface area (Å²) in [6, 6.07) is 4.78. The highest BCUT2D eigenvalue weighted by atomic mass is 32.2. The van der Waals surface area contributed by atoms with Gasteiger partial charge in [0.1, 0.15) is 5.75 Å². The number of nitro benzene ring substituents is 1. The van der Waals surface area contributed by atoms with Crippen molar-refractivity contribution in [2.45, 2.75) is 0 Å². The predicted octanol–water partition coefficient (Wildman–Crippen LogP) is 0.933. The van der Waals surface area contributed by atoms with E-state index >= 15 is 0 Å². The molecule has 0 N–H and O–H groups in total. The van der Waals surface area contributed by atoms with Crippen LogP contribution >= 0.6 is 0 Å². The van der Waals surface area contributed by atoms with Crippen LogP contribution in [0.1, 0.15) is 0 Å². The molecule has 14 heavy (non-hydrogen) atoms. The summed E-state index contributed by atoms with van der Waals surface area (Å²) in [6.45, 7) is 0. The van der Waals surface area contributed by atoms with E-state index in [0.717, 1.165) is 6.26 Å². The van der Waals surface area contributed by atoms with Crippen molar-refractivity contribution in [2.75, 3.05) is 6.26 Å². The van der Waals surface area contributed by atoms with Gasteiger partial charge in [0, 0.05) is 12.1 Å². The first-order valence-electron chi connectivity index (χ1n) is 3.52. The minimum absolute atomic E-state index is 0.0538. The predicted molar refractivity (Wildman–Crippen MR) is 48.6 cm³/mol. The molecule has 0 fully saturated rings. The normalized spacial score (nSPS) is 10.9. The SMILES string of the molecule is CS(=O)(=O)Oc1ccc([N+](=O)[O-])cc1. The second-order valence-corrected chi connectivity index (χ2v) is 4.11. The molecule has 0 unspecified atom stereocenters. The Kier molecular flexibility index (Phi) is 2.70. The molecule has 1 rings (SSSR count). The van der Waals surface area contributed by atoms with Gasteiger partial charge in [0.25, 0.3) is 5.69 Å². The summed E-state index contributed by atoms with van der Waals surface area (Å²) < 4.78 is 25.8. The van der Waals surface area contributed by atoms with Gasteiger partial charge in [-0.05, 0) is 12.1 Å². The van der Waals surface area contributed by atoms with Crippen LogP contribution in [0.15, 0.2) is 24.3 Å². The quantitative estimate of drug-likeness (QED) is 0.427. The van der Waals surface area contributed by atoms with Gasteiger partial charge in [-0.25, -0.2) is 0 Å². The van der Waals surface area contributed by atoms with E-state index in [4.69, 9.17) is 0 Å². The van der Waals surface area contributed by atoms with Gasteiger partial charge in [-0.3, -0.25) is 10.1 Å². The summed E-state index contributed by atoms with van der Waals surface area (Å²) in [6.07, 6.45) is 0.897. The Balaban J connectivity index is 2.90. The molecule has 0 aromatic heterocycles. The number of benzene rings is 1. The molecule has 0 radical (unpaired) electrons. The second kappa shape index (κ2) is 3.62. The van der Waals surface area contributed by atoms with Crippen LogP contribution in [0.2, 0.25) is 0 Å². The molecule has 1 aromatic rings. The molecule has 0 saturated carbocycles. The maximum atomic E-state index is 10.7. The molecule has 0 aliphatic carbocycles. The third kappa shape index (κ3) is 3.02. The molecule has 1 aromatic carbocycles. The van der Waals surface area contributed by atoms with Crippen molar-refractivity contribution in [3.05, 3.63) is 34.4 Å². The van der Waals surface area contributed by atoms with E-state index in [-0.39, 0.29) is 11.4 Å². The maximum Gasteiger partial charge on any atom is 0.306 e. The lowest BCUT2D eigenvalue weighted by atomic mass is 10.3. The fraction of sp³-hybridized carbons (Fsp3) is 0.143. The molecule has 0 spiro atoms. The van der Waals surface area contributed by atoms with Gasteiger partial charge >= 0.3 is 10.1 Å². The van der Waals surface area contributed by atoms with Crippen LogP contribution in [0.4, 0.5) is 5.69 Å². The summed E-state index contributed by atoms with van der Waals surface area (Å²) in [4.78, 5) is 9.66. The fourth-order valence-electron chi connectivity index (χ4n) is 0.798. The molecule has 0 aliphatic heterocycles. The average Bonchev–Trinajstić information content (AvgIpc) is 2.02. The van der Waals surface area contributed by atoms with Crippen molar-refractivity contribution in [1.82, 2.24) is 0 Å². The largest absolute Gasteiger partial charge is 0.383 e. The highest BCUT2D eigenvalue weighted by Crippen LogP contribution is 2.18. The van der Waals surface area contributed by atoms with Crippen molar-refractivity contribution in [3.63, 3.8) is 0 Å². The molecular weight excluding hydrogens is 210 g/mol. The van der Waals surface area contributed by atoms with E-state index in [2.05, 4.69) is 4.18 Å². The number of hydrogen-bond acceptors (Lipinski definition) is 5. The van der Waals surface area contributed by atoms with Gasteiger partial charge in [-0.2, -0.15) is 8.42 Å². The van der Waals surface area contributed by atoms with Gasteiger partial charge in [-0.1, -0.05) is 0 Å². The van der Waals surface area contributed by atoms with Crippen molar-refractivity contribution in [2.24, 2.45) is 0 Å². The molecule has 7 heteroatoms. The van der Waals surface area contributed by atoms with Crippen molar-refractivity contribution < 1.29 is 17.5 Å². The van der Waals surface area contributed by atoms with Gasteiger partial charge < -0.3 is 4.18 Å². The first-order chi connectivity index (χ1) is 6.38. The molecule has 76 valence electrons. The number of rotatable bonds is 3. The van der Waals surface area contributed by atoms with Gasteiger partial charge in [0.05, 0.1) is 11.2 Å². The zero-order chi connectivity index (χ0) is 10.8. The lowest BCUT2D eigenvalue weighted by Crippen LogP contribution is -2.05. The van der Waals surface area contributed by atoms with E-state index in [1.165, 1.54) is 24.3 Å². The topological polar surface area (TPSA) is 86.5 Å². The first-order valence-corrected chi connectivity index (χ1v) is 5.34. The minimum atomic E-state index is -3.58. The highest BCUT2D eigenvalue weighted by Gasteiger charge is 2.07. The Morgan fingerprint density at radius 1 is 1.29 bits per heavy atom. The van der Waals surface area contributed by atoms with Crippen LogP contribution < -0.4 is 4.18 Å². The Labute approximate surface area is 80.4 Å². The Hall–Kier alpha value is -1.63. The van der Waals surface area contributed by atoms with Crippen molar-refractivity contribution in [1.29, 1.82) is 0 Å². The van der Waals surface area contributed by atoms with Crippen molar-refractivity contribution >= 4 is 15.8 Å². The summed E-state index contributed by atoms with van der Waals surface area (Å²) in [7, 11) is -3.58. The van der Waals surface area contributed by atoms with Gasteiger partial charge in [-0.15, -0.1) is 0 Å². The zero-order valence-corrected chi connectivity index (χ0v) is 8.02. The lowest BCUT2D eigenvalue weighted by molar-refractivity contribution is -0.384. The number of hydrogen-bond donors (Lipinski definition) is 0. The summed E-state index contributed by atoms with van der Waals surface area (Å²) >= 11 is 0. The highest BCUT2D eigenvalue weighted by molar-refractivity contribution is 7.86. The zero-order valence-electron chi connectivity index (χ0n) is 7.21. The first kappa shape index (κ1) is 10.5. The molecule has 0 atom stereocenters. The molecule has 0 saturated heterocycles. The fourth-order valence-corrected chi connectivity index (χ4v) is 1.26. The summed E-state index contributed by atoms with van der Waals surface area (Å²) in [5.41, 5.74) is -0.120. The Morgan fingerprint density at radius 3 is 2.14 bits per heavy atom. The third-order valence-electron chi connectivity index (χ3n) is 1.30. The van der Waals surface area contributed by atoms with Crippen LogP contribution in [0, 0.1) is 10.1 Å². The minimum Gasteiger partial charge on any atom is -0.383 e. The molecule has 0 amide bonds. The molecule has 0 heterocycles. The van der Waals surface area contributed by atoms with E-state index < -0.39 is 15.0 Å². The molecular formula is C7H7NO5S. The number of nitrogens with zero attached hydrogens (tertiary/aromatic N) is 1. The second-order valence-electron chi connectivity index (χ2n) is 2.54. The van der Waals surface area contributed by atoms with E-state index in [0.29, 0.717) is 0 Å². The maximum absolute atomic E-state index is 10.7. The smallest absolute Gasteiger partial charge is 0.306 e. The van der Waals surface area contributed by atoms with Gasteiger partial charge in [0.2, 0.25) is 0 Å². The summed E-state index contributed by atoms with van der Waals surface area (Å²) in [5, 5.41) is 10.2. The van der Waals surface area contributed by atoms with Crippen LogP contribution in [0.25, 0.3) is 0 Å². The lowest BCUT2D eigenvalue weighted by Gasteiger charge is -2.00. The van der Waals surface area contributed by atoms with Crippen LogP contribution in [-0.2, 0) is 10.1 Å². The third-order valence-corrected chi connectivity index (χ3v) is 1.79. The Morgan fingerprint density at radius 2 is 1.79 bits per heavy atom. The van der Waals surface area contributed by atoms with E-state index in [9.17, 15) is 18.5 Å². The van der Waals surface area contributed by atoms with Crippen LogP contribution in [0.5, 0.6) is 5.75 Å². The average molecular weight is 217 g/mol. The summed E-state index contributed by atoms with van der Waals surface area (Å²) in [5.74, 6) is 0.0538. The molecule has 0 bridgehead atoms. The van der Waals surface area contributed by atoms with E-state index in [1.807, 2.05) is 0 Å². The van der Waals surface area contributed by atoms with Gasteiger partial charge in [0.15, 0.2) is 0 Å². The molecule has 0 aliphatic rings. The molecule has 6 nitrogen and oxygen atoms in total. The monoisotopic (exact) mass is 217 g/mol. The number of nitro groups is 1. The standard InChI is InChI=1S/C7H7NO5S/c1-14(11,12)13-7-4-2-6(3-5-7)8(9)10/h2-5H,1H3. The van der Waals surface area contributed by atoms with Crippen molar-refractivity contribution in [3.8, 4) is 5.75 Å². The Bertz CT molecular complexity index is 436.